The fraction of sp³-hybridized carbons (Fsp3) is 0. The van der Waals surface area contributed by atoms with Gasteiger partial charge in [-0.05, 0) is 17.5 Å². The number of amides is 1. The Balaban J connectivity index is 2.16. The molecule has 0 unspecified atom stereocenters. The smallest absolute Gasteiger partial charge is 0.337 e. The van der Waals surface area contributed by atoms with Crippen molar-refractivity contribution in [2.24, 2.45) is 0 Å². The van der Waals surface area contributed by atoms with Crippen molar-refractivity contribution in [3.05, 3.63) is 46.4 Å². The molecule has 0 bridgehead atoms. The van der Waals surface area contributed by atoms with Gasteiger partial charge in [-0.1, -0.05) is 0 Å². The Morgan fingerprint density at radius 1 is 1.29 bits per heavy atom. The van der Waals surface area contributed by atoms with Crippen LogP contribution < -0.4 is 5.32 Å². The van der Waals surface area contributed by atoms with Crippen molar-refractivity contribution in [1.29, 1.82) is 0 Å². The molecule has 0 aliphatic rings. The summed E-state index contributed by atoms with van der Waals surface area (Å²) in [4.78, 5) is 26.1. The summed E-state index contributed by atoms with van der Waals surface area (Å²) < 4.78 is 0. The number of nitrogens with one attached hydrogen (secondary N) is 1. The number of nitrogens with zero attached hydrogens (tertiary/aromatic N) is 1. The first kappa shape index (κ1) is 11.3. The van der Waals surface area contributed by atoms with E-state index in [0.717, 1.165) is 0 Å². The fourth-order valence-electron chi connectivity index (χ4n) is 1.22. The topological polar surface area (TPSA) is 79.3 Å². The van der Waals surface area contributed by atoms with E-state index < -0.39 is 5.97 Å². The standard InChI is InChI=1S/C11H8N2O3S/c14-10(7-1-2-17-6-7)13-9-3-8(11(15)16)4-12-5-9/h1-6H,(H,13,14)(H,15,16). The molecule has 0 fully saturated rings. The Labute approximate surface area is 101 Å². The number of pyridine rings is 1. The van der Waals surface area contributed by atoms with Crippen LogP contribution in [-0.4, -0.2) is 22.0 Å². The van der Waals surface area contributed by atoms with Crippen molar-refractivity contribution in [3.8, 4) is 0 Å². The molecule has 86 valence electrons. The van der Waals surface area contributed by atoms with E-state index in [-0.39, 0.29) is 11.5 Å². The third-order valence-corrected chi connectivity index (χ3v) is 2.71. The molecule has 0 aliphatic carbocycles. The van der Waals surface area contributed by atoms with Crippen molar-refractivity contribution < 1.29 is 14.7 Å². The quantitative estimate of drug-likeness (QED) is 0.871. The predicted octanol–water partition coefficient (Wildman–Crippen LogP) is 2.09. The molecule has 2 N–H and O–H groups in total. The average molecular weight is 248 g/mol. The number of carbonyl (C=O) groups is 2. The van der Waals surface area contributed by atoms with Gasteiger partial charge in [-0.15, -0.1) is 0 Å². The molecule has 0 saturated carbocycles. The summed E-state index contributed by atoms with van der Waals surface area (Å²) in [5, 5.41) is 14.9. The van der Waals surface area contributed by atoms with Crippen molar-refractivity contribution in [2.45, 2.75) is 0 Å². The molecule has 0 saturated heterocycles. The zero-order chi connectivity index (χ0) is 12.3. The lowest BCUT2D eigenvalue weighted by Gasteiger charge is -2.03. The third kappa shape index (κ3) is 2.67. The monoisotopic (exact) mass is 248 g/mol. The molecular weight excluding hydrogens is 240 g/mol. The van der Waals surface area contributed by atoms with E-state index >= 15 is 0 Å². The maximum absolute atomic E-state index is 11.7. The summed E-state index contributed by atoms with van der Waals surface area (Å²) in [7, 11) is 0. The maximum Gasteiger partial charge on any atom is 0.337 e. The number of carboxylic acids is 1. The van der Waals surface area contributed by atoms with Gasteiger partial charge >= 0.3 is 5.97 Å². The molecule has 0 radical (unpaired) electrons. The lowest BCUT2D eigenvalue weighted by molar-refractivity contribution is 0.0696. The molecule has 2 heterocycles. The first-order valence-electron chi connectivity index (χ1n) is 4.69. The Bertz CT molecular complexity index is 552. The first-order valence-corrected chi connectivity index (χ1v) is 5.63. The van der Waals surface area contributed by atoms with Crippen LogP contribution in [0.2, 0.25) is 0 Å². The normalized spacial score (nSPS) is 9.88. The highest BCUT2D eigenvalue weighted by molar-refractivity contribution is 7.08. The average Bonchev–Trinajstić information content (AvgIpc) is 2.82. The first-order chi connectivity index (χ1) is 8.16. The molecule has 6 heteroatoms. The maximum atomic E-state index is 11.7. The summed E-state index contributed by atoms with van der Waals surface area (Å²) >= 11 is 1.42. The van der Waals surface area contributed by atoms with Gasteiger partial charge in [-0.25, -0.2) is 4.79 Å². The molecule has 1 amide bonds. The van der Waals surface area contributed by atoms with Crippen molar-refractivity contribution in [3.63, 3.8) is 0 Å². The van der Waals surface area contributed by atoms with Crippen LogP contribution in [0.15, 0.2) is 35.3 Å². The van der Waals surface area contributed by atoms with Gasteiger partial charge in [0.05, 0.1) is 23.0 Å². The van der Waals surface area contributed by atoms with Crippen LogP contribution in [-0.2, 0) is 0 Å². The number of aromatic nitrogens is 1. The Morgan fingerprint density at radius 3 is 2.76 bits per heavy atom. The summed E-state index contributed by atoms with van der Waals surface area (Å²) in [5.74, 6) is -1.36. The van der Waals surface area contributed by atoms with Crippen LogP contribution in [0.4, 0.5) is 5.69 Å². The van der Waals surface area contributed by atoms with E-state index in [1.54, 1.807) is 16.8 Å². The van der Waals surface area contributed by atoms with Crippen molar-refractivity contribution >= 4 is 28.9 Å². The van der Waals surface area contributed by atoms with Gasteiger partial charge in [0.25, 0.3) is 5.91 Å². The second-order valence-corrected chi connectivity index (χ2v) is 4.01. The van der Waals surface area contributed by atoms with Crippen LogP contribution in [0.25, 0.3) is 0 Å². The second-order valence-electron chi connectivity index (χ2n) is 3.23. The van der Waals surface area contributed by atoms with E-state index in [2.05, 4.69) is 10.3 Å². The Hall–Kier alpha value is -2.21. The number of aromatic carboxylic acids is 1. The van der Waals surface area contributed by atoms with Crippen LogP contribution in [0.3, 0.4) is 0 Å². The van der Waals surface area contributed by atoms with Gasteiger partial charge in [-0.3, -0.25) is 9.78 Å². The minimum Gasteiger partial charge on any atom is -0.478 e. The number of carbonyl (C=O) groups excluding carboxylic acids is 1. The number of hydrogen-bond acceptors (Lipinski definition) is 4. The van der Waals surface area contributed by atoms with Gasteiger partial charge in [0.2, 0.25) is 0 Å². The summed E-state index contributed by atoms with van der Waals surface area (Å²) in [6.07, 6.45) is 2.62. The number of anilines is 1. The number of hydrogen-bond donors (Lipinski definition) is 2. The lowest BCUT2D eigenvalue weighted by atomic mass is 10.2. The van der Waals surface area contributed by atoms with E-state index in [1.807, 2.05) is 0 Å². The molecule has 0 aromatic carbocycles. The number of rotatable bonds is 3. The summed E-state index contributed by atoms with van der Waals surface area (Å²) in [5.41, 5.74) is 0.935. The minimum atomic E-state index is -1.08. The molecule has 0 atom stereocenters. The zero-order valence-corrected chi connectivity index (χ0v) is 9.40. The Kier molecular flexibility index (Phi) is 3.15. The lowest BCUT2D eigenvalue weighted by Crippen LogP contribution is -2.11. The van der Waals surface area contributed by atoms with Crippen molar-refractivity contribution in [2.75, 3.05) is 5.32 Å². The molecule has 0 aliphatic heterocycles. The third-order valence-electron chi connectivity index (χ3n) is 2.03. The second kappa shape index (κ2) is 4.75. The van der Waals surface area contributed by atoms with Gasteiger partial charge < -0.3 is 10.4 Å². The van der Waals surface area contributed by atoms with Gasteiger partial charge in [0, 0.05) is 11.6 Å². The molecule has 5 nitrogen and oxygen atoms in total. The minimum absolute atomic E-state index is 0.0353. The molecule has 2 rings (SSSR count). The van der Waals surface area contributed by atoms with Crippen LogP contribution >= 0.6 is 11.3 Å². The summed E-state index contributed by atoms with van der Waals surface area (Å²) in [6.45, 7) is 0. The van der Waals surface area contributed by atoms with Crippen molar-refractivity contribution in [1.82, 2.24) is 4.98 Å². The fourth-order valence-corrected chi connectivity index (χ4v) is 1.86. The van der Waals surface area contributed by atoms with E-state index in [0.29, 0.717) is 11.3 Å². The largest absolute Gasteiger partial charge is 0.478 e. The highest BCUT2D eigenvalue weighted by Gasteiger charge is 2.08. The summed E-state index contributed by atoms with van der Waals surface area (Å²) in [6, 6.07) is 3.05. The molecule has 2 aromatic rings. The van der Waals surface area contributed by atoms with E-state index in [9.17, 15) is 9.59 Å². The molecular formula is C11H8N2O3S. The van der Waals surface area contributed by atoms with Gasteiger partial charge in [0.15, 0.2) is 0 Å². The number of thiophene rings is 1. The van der Waals surface area contributed by atoms with Crippen LogP contribution in [0, 0.1) is 0 Å². The number of carboxylic acid groups (broad SMARTS) is 1. The van der Waals surface area contributed by atoms with E-state index in [1.165, 1.54) is 29.8 Å². The predicted molar refractivity (Wildman–Crippen MR) is 63.5 cm³/mol. The van der Waals surface area contributed by atoms with E-state index in [4.69, 9.17) is 5.11 Å². The van der Waals surface area contributed by atoms with Crippen LogP contribution in [0.5, 0.6) is 0 Å². The Morgan fingerprint density at radius 2 is 2.12 bits per heavy atom. The zero-order valence-electron chi connectivity index (χ0n) is 8.58. The highest BCUT2D eigenvalue weighted by atomic mass is 32.1. The molecule has 2 aromatic heterocycles. The van der Waals surface area contributed by atoms with Crippen LogP contribution in [0.1, 0.15) is 20.7 Å². The highest BCUT2D eigenvalue weighted by Crippen LogP contribution is 2.12. The van der Waals surface area contributed by atoms with Gasteiger partial charge in [-0.2, -0.15) is 11.3 Å². The molecule has 17 heavy (non-hydrogen) atoms. The SMILES string of the molecule is O=C(O)c1cncc(NC(=O)c2ccsc2)c1. The molecule has 0 spiro atoms. The van der Waals surface area contributed by atoms with Gasteiger partial charge in [0.1, 0.15) is 0 Å².